The standard InChI is InChI=1S/C22H40O3/c1-3-5-6-7-8-9-10-12-15-19(4-2)16-13-11-14-17-20-18-21(23)25-22(20)24/h19-20H,3-18H2,1-2H3. The molecule has 0 spiro atoms. The molecule has 2 unspecified atom stereocenters. The number of esters is 2. The number of ether oxygens (including phenoxy) is 1. The minimum atomic E-state index is -0.341. The first-order chi connectivity index (χ1) is 12.2. The zero-order valence-electron chi connectivity index (χ0n) is 16.7. The summed E-state index contributed by atoms with van der Waals surface area (Å²) in [7, 11) is 0. The normalized spacial score (nSPS) is 18.6. The van der Waals surface area contributed by atoms with E-state index in [9.17, 15) is 9.59 Å². The van der Waals surface area contributed by atoms with Gasteiger partial charge in [0.15, 0.2) is 0 Å². The maximum absolute atomic E-state index is 11.4. The highest BCUT2D eigenvalue weighted by atomic mass is 16.6. The fourth-order valence-corrected chi connectivity index (χ4v) is 3.86. The molecule has 1 fully saturated rings. The number of carbonyl (C=O) groups is 2. The topological polar surface area (TPSA) is 43.4 Å². The van der Waals surface area contributed by atoms with Gasteiger partial charge in [-0.3, -0.25) is 9.59 Å². The molecule has 1 heterocycles. The lowest BCUT2D eigenvalue weighted by atomic mass is 9.91. The highest BCUT2D eigenvalue weighted by Gasteiger charge is 2.32. The Morgan fingerprint density at radius 2 is 1.40 bits per heavy atom. The van der Waals surface area contributed by atoms with Crippen molar-refractivity contribution in [2.75, 3.05) is 0 Å². The molecule has 0 radical (unpaired) electrons. The number of unbranched alkanes of at least 4 members (excludes halogenated alkanes) is 9. The van der Waals surface area contributed by atoms with Crippen LogP contribution in [0, 0.1) is 11.8 Å². The molecule has 146 valence electrons. The molecule has 3 heteroatoms. The summed E-state index contributed by atoms with van der Waals surface area (Å²) >= 11 is 0. The van der Waals surface area contributed by atoms with Crippen LogP contribution in [0.2, 0.25) is 0 Å². The Morgan fingerprint density at radius 1 is 0.840 bits per heavy atom. The molecular formula is C22H40O3. The Kier molecular flexibility index (Phi) is 12.7. The molecule has 0 saturated carbocycles. The first-order valence-corrected chi connectivity index (χ1v) is 10.9. The molecule has 1 aliphatic heterocycles. The van der Waals surface area contributed by atoms with Gasteiger partial charge >= 0.3 is 11.9 Å². The molecule has 1 aliphatic rings. The molecule has 1 saturated heterocycles. The molecule has 0 aromatic heterocycles. The van der Waals surface area contributed by atoms with E-state index >= 15 is 0 Å². The van der Waals surface area contributed by atoms with Crippen molar-refractivity contribution in [2.24, 2.45) is 11.8 Å². The summed E-state index contributed by atoms with van der Waals surface area (Å²) in [5.41, 5.74) is 0. The van der Waals surface area contributed by atoms with E-state index in [2.05, 4.69) is 18.6 Å². The summed E-state index contributed by atoms with van der Waals surface area (Å²) < 4.78 is 4.60. The zero-order valence-corrected chi connectivity index (χ0v) is 16.7. The minimum absolute atomic E-state index is 0.160. The van der Waals surface area contributed by atoms with Crippen LogP contribution < -0.4 is 0 Å². The lowest BCUT2D eigenvalue weighted by Crippen LogP contribution is -2.07. The Hall–Kier alpha value is -0.860. The molecule has 0 aromatic carbocycles. The highest BCUT2D eigenvalue weighted by Crippen LogP contribution is 2.24. The third kappa shape index (κ3) is 10.7. The Bertz CT molecular complexity index is 364. The molecular weight excluding hydrogens is 312 g/mol. The summed E-state index contributed by atoms with van der Waals surface area (Å²) in [5, 5.41) is 0. The predicted molar refractivity (Wildman–Crippen MR) is 103 cm³/mol. The van der Waals surface area contributed by atoms with E-state index in [0.29, 0.717) is 6.42 Å². The average Bonchev–Trinajstić information content (AvgIpc) is 2.92. The second-order valence-electron chi connectivity index (χ2n) is 7.87. The number of cyclic esters (lactones) is 2. The van der Waals surface area contributed by atoms with Crippen LogP contribution in [0.15, 0.2) is 0 Å². The van der Waals surface area contributed by atoms with Crippen LogP contribution >= 0.6 is 0 Å². The van der Waals surface area contributed by atoms with Crippen LogP contribution in [0.3, 0.4) is 0 Å². The van der Waals surface area contributed by atoms with Gasteiger partial charge < -0.3 is 4.74 Å². The van der Waals surface area contributed by atoms with E-state index < -0.39 is 0 Å². The van der Waals surface area contributed by atoms with Crippen molar-refractivity contribution in [3.8, 4) is 0 Å². The zero-order chi connectivity index (χ0) is 18.3. The molecule has 1 rings (SSSR count). The summed E-state index contributed by atoms with van der Waals surface area (Å²) in [6.45, 7) is 4.59. The van der Waals surface area contributed by atoms with Gasteiger partial charge in [0.25, 0.3) is 0 Å². The molecule has 2 atom stereocenters. The van der Waals surface area contributed by atoms with Gasteiger partial charge in [-0.15, -0.1) is 0 Å². The van der Waals surface area contributed by atoms with E-state index in [1.807, 2.05) is 0 Å². The average molecular weight is 353 g/mol. The number of hydrogen-bond donors (Lipinski definition) is 0. The lowest BCUT2D eigenvalue weighted by molar-refractivity contribution is -0.153. The lowest BCUT2D eigenvalue weighted by Gasteiger charge is -2.14. The predicted octanol–water partition coefficient (Wildman–Crippen LogP) is 6.58. The second kappa shape index (κ2) is 14.3. The van der Waals surface area contributed by atoms with E-state index in [4.69, 9.17) is 0 Å². The van der Waals surface area contributed by atoms with Crippen LogP contribution in [0.1, 0.15) is 117 Å². The van der Waals surface area contributed by atoms with E-state index in [1.165, 1.54) is 83.5 Å². The van der Waals surface area contributed by atoms with Crippen molar-refractivity contribution in [1.29, 1.82) is 0 Å². The van der Waals surface area contributed by atoms with Crippen LogP contribution in [0.25, 0.3) is 0 Å². The minimum Gasteiger partial charge on any atom is -0.393 e. The van der Waals surface area contributed by atoms with Gasteiger partial charge in [-0.2, -0.15) is 0 Å². The third-order valence-corrected chi connectivity index (χ3v) is 5.67. The molecule has 0 amide bonds. The van der Waals surface area contributed by atoms with Crippen molar-refractivity contribution < 1.29 is 14.3 Å². The Morgan fingerprint density at radius 3 is 1.92 bits per heavy atom. The maximum atomic E-state index is 11.4. The van der Waals surface area contributed by atoms with Gasteiger partial charge in [0.05, 0.1) is 12.3 Å². The second-order valence-corrected chi connectivity index (χ2v) is 7.87. The molecule has 0 N–H and O–H groups in total. The Balaban J connectivity index is 1.93. The van der Waals surface area contributed by atoms with Gasteiger partial charge in [-0.25, -0.2) is 0 Å². The van der Waals surface area contributed by atoms with Crippen molar-refractivity contribution in [2.45, 2.75) is 117 Å². The molecule has 0 bridgehead atoms. The molecule has 3 nitrogen and oxygen atoms in total. The number of carbonyl (C=O) groups excluding carboxylic acids is 2. The van der Waals surface area contributed by atoms with Gasteiger partial charge in [0.1, 0.15) is 0 Å². The SMILES string of the molecule is CCCCCCCCCCC(CC)CCCCCC1CC(=O)OC1=O. The Labute approximate surface area is 155 Å². The van der Waals surface area contributed by atoms with E-state index in [1.54, 1.807) is 0 Å². The van der Waals surface area contributed by atoms with Gasteiger partial charge in [0.2, 0.25) is 0 Å². The molecule has 25 heavy (non-hydrogen) atoms. The summed E-state index contributed by atoms with van der Waals surface area (Å²) in [5.74, 6) is 0.0717. The van der Waals surface area contributed by atoms with Gasteiger partial charge in [-0.1, -0.05) is 104 Å². The summed E-state index contributed by atoms with van der Waals surface area (Å²) in [6.07, 6.45) is 19.8. The van der Waals surface area contributed by atoms with Gasteiger partial charge in [-0.05, 0) is 12.3 Å². The van der Waals surface area contributed by atoms with Crippen LogP contribution in [-0.4, -0.2) is 11.9 Å². The third-order valence-electron chi connectivity index (χ3n) is 5.67. The summed E-state index contributed by atoms with van der Waals surface area (Å²) in [4.78, 5) is 22.5. The van der Waals surface area contributed by atoms with Crippen LogP contribution in [-0.2, 0) is 14.3 Å². The van der Waals surface area contributed by atoms with Gasteiger partial charge in [0, 0.05) is 0 Å². The van der Waals surface area contributed by atoms with Crippen molar-refractivity contribution in [3.63, 3.8) is 0 Å². The van der Waals surface area contributed by atoms with Crippen LogP contribution in [0.4, 0.5) is 0 Å². The summed E-state index contributed by atoms with van der Waals surface area (Å²) in [6, 6.07) is 0. The number of hydrogen-bond acceptors (Lipinski definition) is 3. The highest BCUT2D eigenvalue weighted by molar-refractivity contribution is 5.94. The van der Waals surface area contributed by atoms with Crippen molar-refractivity contribution >= 4 is 11.9 Å². The van der Waals surface area contributed by atoms with Crippen molar-refractivity contribution in [3.05, 3.63) is 0 Å². The van der Waals surface area contributed by atoms with E-state index in [-0.39, 0.29) is 17.9 Å². The maximum Gasteiger partial charge on any atom is 0.317 e. The van der Waals surface area contributed by atoms with Crippen molar-refractivity contribution in [1.82, 2.24) is 0 Å². The monoisotopic (exact) mass is 352 g/mol. The van der Waals surface area contributed by atoms with Crippen LogP contribution in [0.5, 0.6) is 0 Å². The molecule has 0 aromatic rings. The largest absolute Gasteiger partial charge is 0.393 e. The first-order valence-electron chi connectivity index (χ1n) is 10.9. The fourth-order valence-electron chi connectivity index (χ4n) is 3.86. The smallest absolute Gasteiger partial charge is 0.317 e. The number of rotatable bonds is 16. The fraction of sp³-hybridized carbons (Fsp3) is 0.909. The first kappa shape index (κ1) is 22.2. The van der Waals surface area contributed by atoms with E-state index in [0.717, 1.165) is 18.8 Å². The molecule has 0 aliphatic carbocycles. The quantitative estimate of drug-likeness (QED) is 0.179.